The van der Waals surface area contributed by atoms with E-state index in [1.165, 1.54) is 18.2 Å². The molecule has 2 radical (unpaired) electrons. The van der Waals surface area contributed by atoms with Crippen molar-refractivity contribution in [1.29, 1.82) is 0 Å². The van der Waals surface area contributed by atoms with Crippen LogP contribution >= 0.6 is 0 Å². The number of nitrogens with zero attached hydrogens (tertiary/aromatic N) is 1. The molecule has 40 heavy (non-hydrogen) atoms. The van der Waals surface area contributed by atoms with Crippen LogP contribution in [-0.2, 0) is 51.1 Å². The average Bonchev–Trinajstić information content (AvgIpc) is 3.21. The Kier molecular flexibility index (Phi) is 12.6. The largest absolute Gasteiger partial charge is 0.470 e. The third-order valence-corrected chi connectivity index (χ3v) is 6.19. The standard InChI is InChI=1S/C24H29BN4O10S/c1-14(2)22(28-18(30)7-9-38-10-8-29-20(32)5-6-21(29)33)23(34)26-12-19(31)27-16-4-3-15(13-39-24(25)35)17(11-16)40(36)37/h3-6,11,14,22H,7-10,12-13H2,1-2H3,(H,26,34)(H,27,31)(H,28,30)(H,36,37). The van der Waals surface area contributed by atoms with E-state index in [0.29, 0.717) is 0 Å². The van der Waals surface area contributed by atoms with Crippen LogP contribution in [0.2, 0.25) is 0 Å². The van der Waals surface area contributed by atoms with E-state index in [-0.39, 0.29) is 54.9 Å². The predicted octanol–water partition coefficient (Wildman–Crippen LogP) is -0.400. The molecule has 0 saturated heterocycles. The van der Waals surface area contributed by atoms with Crippen molar-refractivity contribution in [1.82, 2.24) is 15.5 Å². The van der Waals surface area contributed by atoms with Crippen LogP contribution in [0.3, 0.4) is 0 Å². The van der Waals surface area contributed by atoms with Crippen LogP contribution in [0.4, 0.5) is 10.5 Å². The van der Waals surface area contributed by atoms with Crippen molar-refractivity contribution in [2.24, 2.45) is 5.92 Å². The summed E-state index contributed by atoms with van der Waals surface area (Å²) in [5.74, 6) is -3.95. The van der Waals surface area contributed by atoms with Crippen LogP contribution in [-0.4, -0.2) is 89.3 Å². The van der Waals surface area contributed by atoms with E-state index in [4.69, 9.17) is 12.6 Å². The molecule has 0 spiro atoms. The van der Waals surface area contributed by atoms with Gasteiger partial charge in [-0.25, -0.2) is 4.21 Å². The Bertz CT molecular complexity index is 1190. The van der Waals surface area contributed by atoms with Gasteiger partial charge in [0.2, 0.25) is 31.4 Å². The summed E-state index contributed by atoms with van der Waals surface area (Å²) in [7, 11) is 4.90. The second-order valence-corrected chi connectivity index (χ2v) is 9.70. The fraction of sp³-hybridized carbons (Fsp3) is 0.417. The van der Waals surface area contributed by atoms with E-state index in [1.807, 2.05) is 0 Å². The van der Waals surface area contributed by atoms with Gasteiger partial charge in [0.25, 0.3) is 11.8 Å². The lowest BCUT2D eigenvalue weighted by Gasteiger charge is -2.21. The number of imide groups is 1. The quantitative estimate of drug-likeness (QED) is 0.0923. The molecule has 0 aliphatic carbocycles. The maximum absolute atomic E-state index is 12.6. The molecule has 1 aromatic carbocycles. The minimum absolute atomic E-state index is 0.00160. The first-order chi connectivity index (χ1) is 18.9. The molecule has 1 aliphatic rings. The maximum Gasteiger partial charge on any atom is 0.253 e. The molecule has 1 heterocycles. The van der Waals surface area contributed by atoms with Crippen molar-refractivity contribution >= 4 is 60.0 Å². The molecule has 1 aliphatic heterocycles. The van der Waals surface area contributed by atoms with Gasteiger partial charge < -0.3 is 30.0 Å². The van der Waals surface area contributed by atoms with E-state index in [2.05, 4.69) is 20.7 Å². The molecule has 0 fully saturated rings. The predicted molar refractivity (Wildman–Crippen MR) is 141 cm³/mol. The molecular formula is C24H29BN4O10S. The molecule has 1 aromatic rings. The Morgan fingerprint density at radius 2 is 1.75 bits per heavy atom. The van der Waals surface area contributed by atoms with E-state index in [1.54, 1.807) is 13.8 Å². The number of ether oxygens (including phenoxy) is 2. The average molecular weight is 576 g/mol. The number of amides is 5. The molecule has 0 saturated carbocycles. The third kappa shape index (κ3) is 10.4. The summed E-state index contributed by atoms with van der Waals surface area (Å²) >= 11 is -2.45. The van der Waals surface area contributed by atoms with Gasteiger partial charge in [-0.15, -0.1) is 0 Å². The Morgan fingerprint density at radius 3 is 2.35 bits per heavy atom. The minimum Gasteiger partial charge on any atom is -0.470 e. The molecule has 2 rings (SSSR count). The van der Waals surface area contributed by atoms with Gasteiger partial charge in [0.1, 0.15) is 12.6 Å². The third-order valence-electron chi connectivity index (χ3n) is 5.43. The number of hydrogen-bond acceptors (Lipinski definition) is 9. The zero-order chi connectivity index (χ0) is 29.8. The Labute approximate surface area is 233 Å². The molecule has 2 unspecified atom stereocenters. The second kappa shape index (κ2) is 15.6. The monoisotopic (exact) mass is 576 g/mol. The van der Waals surface area contributed by atoms with Crippen molar-refractivity contribution in [3.05, 3.63) is 35.9 Å². The van der Waals surface area contributed by atoms with Crippen LogP contribution in [0.15, 0.2) is 35.2 Å². The van der Waals surface area contributed by atoms with Crippen LogP contribution in [0.25, 0.3) is 0 Å². The van der Waals surface area contributed by atoms with Gasteiger partial charge in [-0.05, 0) is 18.1 Å². The lowest BCUT2D eigenvalue weighted by Crippen LogP contribution is -2.51. The van der Waals surface area contributed by atoms with Crippen molar-refractivity contribution < 1.29 is 47.0 Å². The van der Waals surface area contributed by atoms with Gasteiger partial charge in [0.15, 0.2) is 11.1 Å². The van der Waals surface area contributed by atoms with Gasteiger partial charge in [0.05, 0.1) is 31.2 Å². The van der Waals surface area contributed by atoms with Crippen molar-refractivity contribution in [2.75, 3.05) is 31.6 Å². The van der Waals surface area contributed by atoms with Crippen molar-refractivity contribution in [3.63, 3.8) is 0 Å². The Hall–Kier alpha value is -3.89. The van der Waals surface area contributed by atoms with Crippen LogP contribution in [0.5, 0.6) is 0 Å². The molecule has 0 aromatic heterocycles. The molecule has 2 atom stereocenters. The molecule has 4 N–H and O–H groups in total. The summed E-state index contributed by atoms with van der Waals surface area (Å²) in [5.41, 5.74) is 0.365. The van der Waals surface area contributed by atoms with Crippen molar-refractivity contribution in [3.8, 4) is 0 Å². The van der Waals surface area contributed by atoms with Gasteiger partial charge in [-0.1, -0.05) is 19.9 Å². The molecule has 14 nitrogen and oxygen atoms in total. The smallest absolute Gasteiger partial charge is 0.253 e. The van der Waals surface area contributed by atoms with Crippen LogP contribution in [0.1, 0.15) is 25.8 Å². The molecule has 5 amide bonds. The molecule has 0 bridgehead atoms. The Balaban J connectivity index is 1.79. The highest BCUT2D eigenvalue weighted by atomic mass is 32.2. The first kappa shape index (κ1) is 32.3. The minimum atomic E-state index is -2.45. The number of rotatable bonds is 15. The van der Waals surface area contributed by atoms with Crippen LogP contribution in [0, 0.1) is 5.92 Å². The highest BCUT2D eigenvalue weighted by Gasteiger charge is 2.25. The summed E-state index contributed by atoms with van der Waals surface area (Å²) in [6.45, 7) is 2.73. The molecular weight excluding hydrogens is 547 g/mol. The lowest BCUT2D eigenvalue weighted by molar-refractivity contribution is -0.138. The fourth-order valence-electron chi connectivity index (χ4n) is 3.40. The number of carbonyl (C=O) groups excluding carboxylic acids is 6. The maximum atomic E-state index is 12.6. The zero-order valence-corrected chi connectivity index (χ0v) is 22.7. The van der Waals surface area contributed by atoms with Gasteiger partial charge in [-0.2, -0.15) is 0 Å². The number of anilines is 1. The number of nitrogens with one attached hydrogen (secondary N) is 3. The first-order valence-corrected chi connectivity index (χ1v) is 13.1. The normalized spacial score (nSPS) is 14.2. The van der Waals surface area contributed by atoms with Crippen LogP contribution < -0.4 is 16.0 Å². The van der Waals surface area contributed by atoms with E-state index in [0.717, 1.165) is 17.1 Å². The number of hydrogen-bond donors (Lipinski definition) is 4. The van der Waals surface area contributed by atoms with Gasteiger partial charge in [0, 0.05) is 29.8 Å². The first-order valence-electron chi connectivity index (χ1n) is 12.0. The number of carbonyl (C=O) groups is 6. The highest BCUT2D eigenvalue weighted by molar-refractivity contribution is 7.79. The molecule has 16 heteroatoms. The number of benzene rings is 1. The topological polar surface area (TPSA) is 198 Å². The molecule has 214 valence electrons. The van der Waals surface area contributed by atoms with Gasteiger partial charge in [-0.3, -0.25) is 33.7 Å². The second-order valence-electron chi connectivity index (χ2n) is 8.76. The summed E-state index contributed by atoms with van der Waals surface area (Å²) < 4.78 is 31.0. The van der Waals surface area contributed by atoms with Crippen molar-refractivity contribution in [2.45, 2.75) is 37.8 Å². The summed E-state index contributed by atoms with van der Waals surface area (Å²) in [6.07, 6.45) is 2.25. The zero-order valence-electron chi connectivity index (χ0n) is 21.8. The van der Waals surface area contributed by atoms with Gasteiger partial charge >= 0.3 is 0 Å². The Morgan fingerprint density at radius 1 is 1.07 bits per heavy atom. The lowest BCUT2D eigenvalue weighted by atomic mass is 10.0. The SMILES string of the molecule is [B]C(=O)OCc1ccc(NC(=O)CNC(=O)C(NC(=O)CCOCCN2C(=O)C=CC2=O)C(C)C)cc1S(=O)O. The highest BCUT2D eigenvalue weighted by Crippen LogP contribution is 2.20. The summed E-state index contributed by atoms with van der Waals surface area (Å²) in [4.78, 5) is 72.0. The summed E-state index contributed by atoms with van der Waals surface area (Å²) in [6, 6.07) is 3.05. The van der Waals surface area contributed by atoms with E-state index in [9.17, 15) is 37.5 Å². The fourth-order valence-corrected chi connectivity index (χ4v) is 3.98. The van der Waals surface area contributed by atoms with E-state index >= 15 is 0 Å². The van der Waals surface area contributed by atoms with E-state index < -0.39 is 59.1 Å². The summed E-state index contributed by atoms with van der Waals surface area (Å²) in [5, 5.41) is 7.49.